The minimum atomic E-state index is 1.13. The van der Waals surface area contributed by atoms with Crippen LogP contribution in [0.25, 0.3) is 132 Å². The summed E-state index contributed by atoms with van der Waals surface area (Å²) in [6, 6.07) is 93.5. The maximum Gasteiger partial charge on any atom is 0.0641 e. The Kier molecular flexibility index (Phi) is 8.33. The lowest BCUT2D eigenvalue weighted by molar-refractivity contribution is 1.16. The summed E-state index contributed by atoms with van der Waals surface area (Å²) in [6.45, 7) is 0. The third kappa shape index (κ3) is 5.65. The van der Waals surface area contributed by atoms with E-state index in [1.807, 2.05) is 0 Å². The molecular weight excluding hydrogens is 849 g/mol. The second kappa shape index (κ2) is 15.1. The molecule has 4 aromatic heterocycles. The van der Waals surface area contributed by atoms with E-state index in [1.165, 1.54) is 109 Å². The molecular formula is C66H42N4. The van der Waals surface area contributed by atoms with Crippen LogP contribution in [0.1, 0.15) is 0 Å². The maximum atomic E-state index is 2.48. The Morgan fingerprint density at radius 2 is 0.557 bits per heavy atom. The molecule has 0 aliphatic rings. The average molecular weight is 891 g/mol. The van der Waals surface area contributed by atoms with Crippen LogP contribution in [0, 0.1) is 0 Å². The van der Waals surface area contributed by atoms with Crippen LogP contribution >= 0.6 is 0 Å². The molecule has 70 heavy (non-hydrogen) atoms. The van der Waals surface area contributed by atoms with Gasteiger partial charge in [0.2, 0.25) is 0 Å². The lowest BCUT2D eigenvalue weighted by atomic mass is 10.0. The molecule has 326 valence electrons. The van der Waals surface area contributed by atoms with Gasteiger partial charge in [-0.15, -0.1) is 0 Å². The third-order valence-corrected chi connectivity index (χ3v) is 14.7. The smallest absolute Gasteiger partial charge is 0.0641 e. The molecule has 0 fully saturated rings. The number of fused-ring (bicyclic) bond motifs is 13. The number of hydrogen-bond donors (Lipinski definition) is 0. The molecule has 15 aromatic rings. The molecule has 0 aliphatic heterocycles. The van der Waals surface area contributed by atoms with Crippen LogP contribution in [-0.4, -0.2) is 18.3 Å². The SMILES string of the molecule is c1ccc(-c2ccc(-n3c4ccccc4c4ccc5c(c6ccccc6n5-c5ccc6c(c5)c5cc(-c7ccc8c(c7)c7ccccc7n8-c7ccccc7)ccc5n6-c5ccccc5)c43)cc2)cc1. The van der Waals surface area contributed by atoms with Crippen molar-refractivity contribution in [1.29, 1.82) is 0 Å². The molecule has 4 heteroatoms. The van der Waals surface area contributed by atoms with Gasteiger partial charge in [0.05, 0.1) is 44.1 Å². The zero-order valence-corrected chi connectivity index (χ0v) is 38.0. The van der Waals surface area contributed by atoms with Crippen LogP contribution in [0.5, 0.6) is 0 Å². The molecule has 4 nitrogen and oxygen atoms in total. The maximum absolute atomic E-state index is 2.48. The lowest BCUT2D eigenvalue weighted by Gasteiger charge is -2.11. The second-order valence-electron chi connectivity index (χ2n) is 18.5. The van der Waals surface area contributed by atoms with Gasteiger partial charge in [0.15, 0.2) is 0 Å². The fourth-order valence-electron chi connectivity index (χ4n) is 11.7. The number of para-hydroxylation sites is 5. The fraction of sp³-hybridized carbons (Fsp3) is 0. The molecule has 0 aliphatic carbocycles. The Morgan fingerprint density at radius 1 is 0.186 bits per heavy atom. The highest BCUT2D eigenvalue weighted by molar-refractivity contribution is 6.26. The summed E-state index contributed by atoms with van der Waals surface area (Å²) in [5.74, 6) is 0. The zero-order chi connectivity index (χ0) is 45.9. The van der Waals surface area contributed by atoms with Crippen LogP contribution in [0.3, 0.4) is 0 Å². The molecule has 0 saturated heterocycles. The van der Waals surface area contributed by atoms with E-state index in [9.17, 15) is 0 Å². The van der Waals surface area contributed by atoms with Gasteiger partial charge in [-0.05, 0) is 125 Å². The Balaban J connectivity index is 0.955. The minimum Gasteiger partial charge on any atom is -0.309 e. The van der Waals surface area contributed by atoms with Crippen molar-refractivity contribution in [2.45, 2.75) is 0 Å². The van der Waals surface area contributed by atoms with Crippen molar-refractivity contribution in [3.05, 3.63) is 255 Å². The predicted octanol–water partition coefficient (Wildman–Crippen LogP) is 17.4. The minimum absolute atomic E-state index is 1.13. The first-order valence-electron chi connectivity index (χ1n) is 24.1. The van der Waals surface area contributed by atoms with E-state index in [2.05, 4.69) is 273 Å². The highest BCUT2D eigenvalue weighted by Crippen LogP contribution is 2.44. The van der Waals surface area contributed by atoms with Crippen molar-refractivity contribution < 1.29 is 0 Å². The van der Waals surface area contributed by atoms with E-state index in [-0.39, 0.29) is 0 Å². The largest absolute Gasteiger partial charge is 0.309 e. The van der Waals surface area contributed by atoms with E-state index in [0.29, 0.717) is 0 Å². The number of nitrogens with zero attached hydrogens (tertiary/aromatic N) is 4. The van der Waals surface area contributed by atoms with Crippen molar-refractivity contribution in [2.24, 2.45) is 0 Å². The Hall–Kier alpha value is -9.38. The Morgan fingerprint density at radius 3 is 1.17 bits per heavy atom. The van der Waals surface area contributed by atoms with Gasteiger partial charge in [-0.25, -0.2) is 0 Å². The number of benzene rings is 11. The molecule has 4 heterocycles. The average Bonchev–Trinajstić information content (AvgIpc) is 4.16. The van der Waals surface area contributed by atoms with E-state index in [4.69, 9.17) is 0 Å². The summed E-state index contributed by atoms with van der Waals surface area (Å²) in [4.78, 5) is 0. The van der Waals surface area contributed by atoms with E-state index in [0.717, 1.165) is 22.7 Å². The number of hydrogen-bond acceptors (Lipinski definition) is 0. The van der Waals surface area contributed by atoms with Gasteiger partial charge in [-0.3, -0.25) is 0 Å². The molecule has 0 radical (unpaired) electrons. The Bertz CT molecular complexity index is 4550. The first-order chi connectivity index (χ1) is 34.7. The summed E-state index contributed by atoms with van der Waals surface area (Å²) in [6.07, 6.45) is 0. The van der Waals surface area contributed by atoms with E-state index >= 15 is 0 Å². The van der Waals surface area contributed by atoms with Crippen LogP contribution in [0.2, 0.25) is 0 Å². The summed E-state index contributed by atoms with van der Waals surface area (Å²) in [5, 5.41) is 9.88. The van der Waals surface area contributed by atoms with Crippen LogP contribution in [0.4, 0.5) is 0 Å². The monoisotopic (exact) mass is 890 g/mol. The third-order valence-electron chi connectivity index (χ3n) is 14.7. The highest BCUT2D eigenvalue weighted by Gasteiger charge is 2.23. The van der Waals surface area contributed by atoms with Crippen molar-refractivity contribution >= 4 is 87.2 Å². The molecule has 0 atom stereocenters. The fourth-order valence-corrected chi connectivity index (χ4v) is 11.7. The quantitative estimate of drug-likeness (QED) is 0.158. The molecule has 0 amide bonds. The standard InChI is InChI=1S/C66H42N4/c1-4-16-43(17-5-1)44-28-32-49(33-29-44)70-59-26-14-10-22-51(59)53-35-39-64-65(66(53)70)54-24-12-15-27-60(54)69(64)50-34-38-63-57(42-50)56-41-46(31-37-62(56)68(63)48-20-8-3-9-21-48)45-30-36-61-55(40-45)52-23-11-13-25-58(52)67(61)47-18-6-2-7-19-47/h1-42H. The van der Waals surface area contributed by atoms with Crippen LogP contribution in [0.15, 0.2) is 255 Å². The second-order valence-corrected chi connectivity index (χ2v) is 18.5. The van der Waals surface area contributed by atoms with E-state index < -0.39 is 0 Å². The van der Waals surface area contributed by atoms with Gasteiger partial charge in [-0.1, -0.05) is 152 Å². The molecule has 15 rings (SSSR count). The van der Waals surface area contributed by atoms with Gasteiger partial charge in [0, 0.05) is 65.8 Å². The predicted molar refractivity (Wildman–Crippen MR) is 295 cm³/mol. The number of aromatic nitrogens is 4. The van der Waals surface area contributed by atoms with Gasteiger partial charge >= 0.3 is 0 Å². The van der Waals surface area contributed by atoms with Crippen molar-refractivity contribution in [1.82, 2.24) is 18.3 Å². The van der Waals surface area contributed by atoms with Crippen LogP contribution in [-0.2, 0) is 0 Å². The topological polar surface area (TPSA) is 19.7 Å². The number of rotatable bonds is 6. The zero-order valence-electron chi connectivity index (χ0n) is 38.0. The molecule has 0 bridgehead atoms. The summed E-state index contributed by atoms with van der Waals surface area (Å²) >= 11 is 0. The normalized spacial score (nSPS) is 12.0. The van der Waals surface area contributed by atoms with Crippen molar-refractivity contribution in [2.75, 3.05) is 0 Å². The van der Waals surface area contributed by atoms with E-state index in [1.54, 1.807) is 0 Å². The first kappa shape index (κ1) is 38.7. The molecule has 0 N–H and O–H groups in total. The summed E-state index contributed by atoms with van der Waals surface area (Å²) < 4.78 is 9.77. The van der Waals surface area contributed by atoms with Crippen molar-refractivity contribution in [3.8, 4) is 45.0 Å². The summed E-state index contributed by atoms with van der Waals surface area (Å²) in [7, 11) is 0. The molecule has 0 unspecified atom stereocenters. The molecule has 0 saturated carbocycles. The van der Waals surface area contributed by atoms with Gasteiger partial charge in [0.1, 0.15) is 0 Å². The van der Waals surface area contributed by atoms with Gasteiger partial charge in [0.25, 0.3) is 0 Å². The molecule has 0 spiro atoms. The van der Waals surface area contributed by atoms with Crippen molar-refractivity contribution in [3.63, 3.8) is 0 Å². The van der Waals surface area contributed by atoms with Crippen LogP contribution < -0.4 is 0 Å². The Labute approximate surface area is 403 Å². The first-order valence-corrected chi connectivity index (χ1v) is 24.1. The summed E-state index contributed by atoms with van der Waals surface area (Å²) in [5.41, 5.74) is 18.9. The highest BCUT2D eigenvalue weighted by atomic mass is 15.0. The lowest BCUT2D eigenvalue weighted by Crippen LogP contribution is -1.96. The molecule has 11 aromatic carbocycles. The van der Waals surface area contributed by atoms with Gasteiger partial charge in [-0.2, -0.15) is 0 Å². The van der Waals surface area contributed by atoms with Gasteiger partial charge < -0.3 is 18.3 Å².